The van der Waals surface area contributed by atoms with Gasteiger partial charge >= 0.3 is 0 Å². The molecule has 2 unspecified atom stereocenters. The van der Waals surface area contributed by atoms with E-state index in [-0.39, 0.29) is 5.82 Å². The van der Waals surface area contributed by atoms with Crippen molar-refractivity contribution in [1.29, 1.82) is 0 Å². The van der Waals surface area contributed by atoms with Crippen LogP contribution in [0.2, 0.25) is 0 Å². The summed E-state index contributed by atoms with van der Waals surface area (Å²) in [4.78, 5) is 0. The number of hydrogen-bond donors (Lipinski definition) is 1. The van der Waals surface area contributed by atoms with Gasteiger partial charge in [-0.05, 0) is 74.2 Å². The quantitative estimate of drug-likeness (QED) is 0.727. The third-order valence-corrected chi connectivity index (χ3v) is 5.83. The minimum atomic E-state index is -0.116. The Morgan fingerprint density at radius 2 is 1.81 bits per heavy atom. The zero-order valence-electron chi connectivity index (χ0n) is 12.6. The van der Waals surface area contributed by atoms with Crippen LogP contribution >= 0.6 is 15.9 Å². The summed E-state index contributed by atoms with van der Waals surface area (Å²) in [5, 5.41) is 3.71. The first-order chi connectivity index (χ1) is 10.2. The summed E-state index contributed by atoms with van der Waals surface area (Å²) in [6, 6.07) is 5.88. The lowest BCUT2D eigenvalue weighted by Crippen LogP contribution is -2.30. The van der Waals surface area contributed by atoms with Gasteiger partial charge < -0.3 is 5.32 Å². The van der Waals surface area contributed by atoms with Crippen molar-refractivity contribution in [2.24, 2.45) is 11.8 Å². The number of benzene rings is 1. The van der Waals surface area contributed by atoms with Crippen LogP contribution in [-0.4, -0.2) is 12.6 Å². The maximum atomic E-state index is 13.5. The molecule has 1 N–H and O–H groups in total. The Kier molecular flexibility index (Phi) is 5.33. The molecule has 0 aliphatic heterocycles. The Morgan fingerprint density at radius 3 is 2.57 bits per heavy atom. The largest absolute Gasteiger partial charge is 0.314 e. The Bertz CT molecular complexity index is 472. The molecule has 2 aliphatic rings. The Morgan fingerprint density at radius 1 is 1.05 bits per heavy atom. The third-order valence-electron chi connectivity index (χ3n) is 5.05. The second-order valence-corrected chi connectivity index (χ2v) is 7.63. The predicted octanol–water partition coefficient (Wildman–Crippen LogP) is 5.08. The van der Waals surface area contributed by atoms with E-state index in [1.807, 2.05) is 6.07 Å². The standard InChI is InChI=1S/C18H25BrFN/c19-18-9-6-16(20)11-15(18)10-13-4-2-1-3-5-14(13)12-21-17-7-8-17/h6,9,11,13-14,17,21H,1-5,7-8,10,12H2. The zero-order chi connectivity index (χ0) is 14.7. The molecule has 1 aromatic carbocycles. The highest BCUT2D eigenvalue weighted by atomic mass is 79.9. The van der Waals surface area contributed by atoms with Crippen LogP contribution in [0.25, 0.3) is 0 Å². The van der Waals surface area contributed by atoms with Crippen LogP contribution in [0, 0.1) is 17.7 Å². The number of halogens is 2. The van der Waals surface area contributed by atoms with E-state index in [2.05, 4.69) is 21.2 Å². The van der Waals surface area contributed by atoms with Gasteiger partial charge in [-0.15, -0.1) is 0 Å². The van der Waals surface area contributed by atoms with Crippen molar-refractivity contribution in [3.05, 3.63) is 34.1 Å². The van der Waals surface area contributed by atoms with E-state index >= 15 is 0 Å². The molecule has 0 bridgehead atoms. The number of rotatable bonds is 5. The fraction of sp³-hybridized carbons (Fsp3) is 0.667. The van der Waals surface area contributed by atoms with Gasteiger partial charge in [-0.2, -0.15) is 0 Å². The lowest BCUT2D eigenvalue weighted by molar-refractivity contribution is 0.296. The molecule has 2 saturated carbocycles. The van der Waals surface area contributed by atoms with Crippen LogP contribution in [0.1, 0.15) is 50.5 Å². The van der Waals surface area contributed by atoms with Crippen molar-refractivity contribution >= 4 is 15.9 Å². The SMILES string of the molecule is Fc1ccc(Br)c(CC2CCCCCC2CNC2CC2)c1. The Labute approximate surface area is 135 Å². The van der Waals surface area contributed by atoms with E-state index in [4.69, 9.17) is 0 Å². The van der Waals surface area contributed by atoms with Crippen molar-refractivity contribution in [2.45, 2.75) is 57.4 Å². The topological polar surface area (TPSA) is 12.0 Å². The summed E-state index contributed by atoms with van der Waals surface area (Å²) in [7, 11) is 0. The molecule has 2 fully saturated rings. The first-order valence-corrected chi connectivity index (χ1v) is 9.19. The molecule has 0 amide bonds. The summed E-state index contributed by atoms with van der Waals surface area (Å²) in [5.41, 5.74) is 1.14. The molecule has 0 spiro atoms. The number of nitrogens with one attached hydrogen (secondary N) is 1. The summed E-state index contributed by atoms with van der Waals surface area (Å²) in [5.74, 6) is 1.33. The second kappa shape index (κ2) is 7.23. The molecule has 3 rings (SSSR count). The van der Waals surface area contributed by atoms with E-state index in [0.717, 1.165) is 35.0 Å². The van der Waals surface area contributed by atoms with Crippen LogP contribution in [0.3, 0.4) is 0 Å². The average Bonchev–Trinajstić information content (AvgIpc) is 3.28. The molecular formula is C18H25BrFN. The van der Waals surface area contributed by atoms with Gasteiger partial charge in [0.25, 0.3) is 0 Å². The fourth-order valence-electron chi connectivity index (χ4n) is 3.59. The highest BCUT2D eigenvalue weighted by Gasteiger charge is 2.27. The second-order valence-electron chi connectivity index (χ2n) is 6.78. The zero-order valence-corrected chi connectivity index (χ0v) is 14.2. The fourth-order valence-corrected chi connectivity index (χ4v) is 3.99. The molecule has 1 aromatic rings. The maximum absolute atomic E-state index is 13.5. The maximum Gasteiger partial charge on any atom is 0.123 e. The molecular weight excluding hydrogens is 329 g/mol. The van der Waals surface area contributed by atoms with Crippen LogP contribution in [-0.2, 0) is 6.42 Å². The normalized spacial score (nSPS) is 26.6. The van der Waals surface area contributed by atoms with Gasteiger partial charge in [0.05, 0.1) is 0 Å². The summed E-state index contributed by atoms with van der Waals surface area (Å²) in [6.45, 7) is 1.16. The van der Waals surface area contributed by atoms with E-state index in [1.165, 1.54) is 51.0 Å². The van der Waals surface area contributed by atoms with Gasteiger partial charge in [0.2, 0.25) is 0 Å². The minimum Gasteiger partial charge on any atom is -0.314 e. The first kappa shape index (κ1) is 15.5. The Hall–Kier alpha value is -0.410. The van der Waals surface area contributed by atoms with Gasteiger partial charge in [0, 0.05) is 10.5 Å². The first-order valence-electron chi connectivity index (χ1n) is 8.39. The predicted molar refractivity (Wildman–Crippen MR) is 88.9 cm³/mol. The number of hydrogen-bond acceptors (Lipinski definition) is 1. The van der Waals surface area contributed by atoms with Crippen LogP contribution in [0.15, 0.2) is 22.7 Å². The molecule has 21 heavy (non-hydrogen) atoms. The van der Waals surface area contributed by atoms with Crippen molar-refractivity contribution in [3.8, 4) is 0 Å². The van der Waals surface area contributed by atoms with Gasteiger partial charge in [0.1, 0.15) is 5.82 Å². The summed E-state index contributed by atoms with van der Waals surface area (Å²) < 4.78 is 14.6. The Balaban J connectivity index is 1.67. The highest BCUT2D eigenvalue weighted by molar-refractivity contribution is 9.10. The van der Waals surface area contributed by atoms with Crippen LogP contribution < -0.4 is 5.32 Å². The van der Waals surface area contributed by atoms with E-state index < -0.39 is 0 Å². The van der Waals surface area contributed by atoms with Crippen molar-refractivity contribution < 1.29 is 4.39 Å². The smallest absolute Gasteiger partial charge is 0.123 e. The van der Waals surface area contributed by atoms with Crippen molar-refractivity contribution in [3.63, 3.8) is 0 Å². The summed E-state index contributed by atoms with van der Waals surface area (Å²) >= 11 is 3.59. The van der Waals surface area contributed by atoms with Gasteiger partial charge in [0.15, 0.2) is 0 Å². The van der Waals surface area contributed by atoms with Crippen LogP contribution in [0.4, 0.5) is 4.39 Å². The van der Waals surface area contributed by atoms with Gasteiger partial charge in [-0.3, -0.25) is 0 Å². The monoisotopic (exact) mass is 353 g/mol. The summed E-state index contributed by atoms with van der Waals surface area (Å²) in [6.07, 6.45) is 10.4. The minimum absolute atomic E-state index is 0.116. The lowest BCUT2D eigenvalue weighted by atomic mass is 9.83. The average molecular weight is 354 g/mol. The molecule has 0 saturated heterocycles. The lowest BCUT2D eigenvalue weighted by Gasteiger charge is -2.26. The van der Waals surface area contributed by atoms with E-state index in [9.17, 15) is 4.39 Å². The van der Waals surface area contributed by atoms with E-state index in [0.29, 0.717) is 5.92 Å². The van der Waals surface area contributed by atoms with Gasteiger partial charge in [-0.25, -0.2) is 4.39 Å². The molecule has 2 atom stereocenters. The van der Waals surface area contributed by atoms with Crippen LogP contribution in [0.5, 0.6) is 0 Å². The molecule has 1 nitrogen and oxygen atoms in total. The molecule has 2 aliphatic carbocycles. The third kappa shape index (κ3) is 4.53. The van der Waals surface area contributed by atoms with Crippen molar-refractivity contribution in [1.82, 2.24) is 5.32 Å². The molecule has 0 radical (unpaired) electrons. The van der Waals surface area contributed by atoms with Gasteiger partial charge in [-0.1, -0.05) is 35.2 Å². The molecule has 3 heteroatoms. The van der Waals surface area contributed by atoms with E-state index in [1.54, 1.807) is 6.07 Å². The molecule has 0 aromatic heterocycles. The highest BCUT2D eigenvalue weighted by Crippen LogP contribution is 2.33. The van der Waals surface area contributed by atoms with Crippen molar-refractivity contribution in [2.75, 3.05) is 6.54 Å². The molecule has 0 heterocycles. The molecule has 116 valence electrons.